The highest BCUT2D eigenvalue weighted by atomic mass is 16.3. The summed E-state index contributed by atoms with van der Waals surface area (Å²) in [5.41, 5.74) is 3.34. The number of aryl methyl sites for hydroxylation is 1. The first-order chi connectivity index (χ1) is 8.36. The normalized spacial score (nSPS) is 37.1. The molecule has 2 bridgehead atoms. The zero-order valence-electron chi connectivity index (χ0n) is 12.0. The molecule has 1 nitrogen and oxygen atoms in total. The molecule has 3 atom stereocenters. The second kappa shape index (κ2) is 3.53. The molecule has 2 saturated carbocycles. The molecule has 0 spiro atoms. The molecule has 1 heteroatoms. The molecule has 0 radical (unpaired) electrons. The van der Waals surface area contributed by atoms with Crippen molar-refractivity contribution in [3.63, 3.8) is 0 Å². The summed E-state index contributed by atoms with van der Waals surface area (Å²) in [4.78, 5) is 0. The molecule has 98 valence electrons. The molecule has 1 N–H and O–H groups in total. The smallest absolute Gasteiger partial charge is 0.118 e. The van der Waals surface area contributed by atoms with Gasteiger partial charge < -0.3 is 5.11 Å². The van der Waals surface area contributed by atoms with Crippen molar-refractivity contribution in [2.75, 3.05) is 0 Å². The van der Waals surface area contributed by atoms with Crippen molar-refractivity contribution in [3.05, 3.63) is 29.3 Å². The lowest BCUT2D eigenvalue weighted by molar-refractivity contribution is 0.134. The SMILES string of the molecule is Cc1cc([C@@H]2C[C@@H]3CC[C@@]2(C)C3(C)C)ccc1O. The predicted molar refractivity (Wildman–Crippen MR) is 74.8 cm³/mol. The van der Waals surface area contributed by atoms with E-state index in [0.29, 0.717) is 22.5 Å². The fourth-order valence-electron chi connectivity index (χ4n) is 4.60. The van der Waals surface area contributed by atoms with E-state index in [1.54, 1.807) is 0 Å². The third kappa shape index (κ3) is 1.34. The van der Waals surface area contributed by atoms with Crippen molar-refractivity contribution in [1.82, 2.24) is 0 Å². The molecule has 1 aromatic carbocycles. The number of phenolic OH excluding ortho intramolecular Hbond substituents is 1. The van der Waals surface area contributed by atoms with Crippen LogP contribution in [-0.4, -0.2) is 5.11 Å². The average molecular weight is 244 g/mol. The maximum atomic E-state index is 9.69. The van der Waals surface area contributed by atoms with Crippen LogP contribution in [0.2, 0.25) is 0 Å². The van der Waals surface area contributed by atoms with Gasteiger partial charge in [-0.25, -0.2) is 0 Å². The molecule has 0 saturated heterocycles. The van der Waals surface area contributed by atoms with Gasteiger partial charge >= 0.3 is 0 Å². The Morgan fingerprint density at radius 2 is 1.94 bits per heavy atom. The van der Waals surface area contributed by atoms with Gasteiger partial charge in [0.05, 0.1) is 0 Å². The lowest BCUT2D eigenvalue weighted by Crippen LogP contribution is -2.31. The maximum Gasteiger partial charge on any atom is 0.118 e. The molecule has 18 heavy (non-hydrogen) atoms. The Hall–Kier alpha value is -0.980. The Morgan fingerprint density at radius 1 is 1.22 bits per heavy atom. The summed E-state index contributed by atoms with van der Waals surface area (Å²) in [7, 11) is 0. The van der Waals surface area contributed by atoms with E-state index in [2.05, 4.69) is 32.9 Å². The molecule has 1 aromatic rings. The van der Waals surface area contributed by atoms with Gasteiger partial charge in [0.1, 0.15) is 5.75 Å². The Balaban J connectivity index is 2.02. The van der Waals surface area contributed by atoms with Crippen molar-refractivity contribution in [2.45, 2.75) is 52.9 Å². The number of rotatable bonds is 1. The van der Waals surface area contributed by atoms with E-state index in [-0.39, 0.29) is 0 Å². The Labute approximate surface area is 110 Å². The first-order valence-corrected chi connectivity index (χ1v) is 7.16. The Kier molecular flexibility index (Phi) is 2.36. The number of aromatic hydroxyl groups is 1. The van der Waals surface area contributed by atoms with Gasteiger partial charge in [-0.2, -0.15) is 0 Å². The Morgan fingerprint density at radius 3 is 2.44 bits per heavy atom. The van der Waals surface area contributed by atoms with Crippen LogP contribution in [0.4, 0.5) is 0 Å². The standard InChI is InChI=1S/C17H24O/c1-11-9-12(5-6-15(11)18)14-10-13-7-8-17(14,4)16(13,2)3/h5-6,9,13-14,18H,7-8,10H2,1-4H3/t13-,14-,17+/m0/s1. The number of benzene rings is 1. The second-order valence-electron chi connectivity index (χ2n) is 7.21. The van der Waals surface area contributed by atoms with Crippen LogP contribution in [0.1, 0.15) is 57.1 Å². The second-order valence-corrected chi connectivity index (χ2v) is 7.21. The molecule has 0 unspecified atom stereocenters. The molecule has 0 aliphatic heterocycles. The van der Waals surface area contributed by atoms with Crippen LogP contribution in [0.15, 0.2) is 18.2 Å². The molecular formula is C17H24O. The molecule has 0 heterocycles. The quantitative estimate of drug-likeness (QED) is 0.763. The monoisotopic (exact) mass is 244 g/mol. The van der Waals surface area contributed by atoms with Crippen LogP contribution >= 0.6 is 0 Å². The van der Waals surface area contributed by atoms with Crippen molar-refractivity contribution >= 4 is 0 Å². The first kappa shape index (κ1) is 12.1. The molecule has 2 fully saturated rings. The lowest BCUT2D eigenvalue weighted by Gasteiger charge is -2.39. The van der Waals surface area contributed by atoms with Crippen LogP contribution < -0.4 is 0 Å². The van der Waals surface area contributed by atoms with Crippen molar-refractivity contribution in [2.24, 2.45) is 16.7 Å². The molecule has 2 aliphatic rings. The minimum Gasteiger partial charge on any atom is -0.508 e. The van der Waals surface area contributed by atoms with E-state index in [0.717, 1.165) is 11.5 Å². The third-order valence-electron chi connectivity index (χ3n) is 6.42. The van der Waals surface area contributed by atoms with Crippen LogP contribution in [0.5, 0.6) is 5.75 Å². The fraction of sp³-hybridized carbons (Fsp3) is 0.647. The largest absolute Gasteiger partial charge is 0.508 e. The fourth-order valence-corrected chi connectivity index (χ4v) is 4.60. The van der Waals surface area contributed by atoms with E-state index < -0.39 is 0 Å². The summed E-state index contributed by atoms with van der Waals surface area (Å²) < 4.78 is 0. The van der Waals surface area contributed by atoms with E-state index in [1.165, 1.54) is 24.8 Å². The van der Waals surface area contributed by atoms with E-state index in [1.807, 2.05) is 13.0 Å². The topological polar surface area (TPSA) is 20.2 Å². The number of fused-ring (bicyclic) bond motifs is 2. The highest BCUT2D eigenvalue weighted by molar-refractivity contribution is 5.38. The summed E-state index contributed by atoms with van der Waals surface area (Å²) in [5, 5.41) is 9.69. The van der Waals surface area contributed by atoms with Gasteiger partial charge in [-0.05, 0) is 66.0 Å². The van der Waals surface area contributed by atoms with Gasteiger partial charge in [0.15, 0.2) is 0 Å². The summed E-state index contributed by atoms with van der Waals surface area (Å²) >= 11 is 0. The summed E-state index contributed by atoms with van der Waals surface area (Å²) in [6, 6.07) is 6.20. The van der Waals surface area contributed by atoms with Gasteiger partial charge in [0.2, 0.25) is 0 Å². The van der Waals surface area contributed by atoms with E-state index in [4.69, 9.17) is 0 Å². The molecule has 0 amide bonds. The van der Waals surface area contributed by atoms with Gasteiger partial charge in [0.25, 0.3) is 0 Å². The molecule has 0 aromatic heterocycles. The number of hydrogen-bond donors (Lipinski definition) is 1. The lowest BCUT2D eigenvalue weighted by atomic mass is 9.65. The highest BCUT2D eigenvalue weighted by Gasteiger charge is 2.61. The van der Waals surface area contributed by atoms with Gasteiger partial charge in [0, 0.05) is 0 Å². The summed E-state index contributed by atoms with van der Waals surface area (Å²) in [5.74, 6) is 1.97. The van der Waals surface area contributed by atoms with Crippen molar-refractivity contribution in [1.29, 1.82) is 0 Å². The minimum absolute atomic E-state index is 0.423. The van der Waals surface area contributed by atoms with Crippen molar-refractivity contribution < 1.29 is 5.11 Å². The van der Waals surface area contributed by atoms with Crippen molar-refractivity contribution in [3.8, 4) is 5.75 Å². The molecule has 2 aliphatic carbocycles. The average Bonchev–Trinajstić information content (AvgIpc) is 2.65. The number of hydrogen-bond acceptors (Lipinski definition) is 1. The highest BCUT2D eigenvalue weighted by Crippen LogP contribution is 2.70. The van der Waals surface area contributed by atoms with Gasteiger partial charge in [-0.1, -0.05) is 32.9 Å². The third-order valence-corrected chi connectivity index (χ3v) is 6.42. The van der Waals surface area contributed by atoms with Crippen LogP contribution in [0.25, 0.3) is 0 Å². The maximum absolute atomic E-state index is 9.69. The van der Waals surface area contributed by atoms with Crippen LogP contribution in [0.3, 0.4) is 0 Å². The Bertz CT molecular complexity index is 488. The van der Waals surface area contributed by atoms with E-state index in [9.17, 15) is 5.11 Å². The zero-order chi connectivity index (χ0) is 13.1. The van der Waals surface area contributed by atoms with E-state index >= 15 is 0 Å². The van der Waals surface area contributed by atoms with Crippen LogP contribution in [-0.2, 0) is 0 Å². The summed E-state index contributed by atoms with van der Waals surface area (Å²) in [6.07, 6.45) is 4.08. The predicted octanol–water partition coefficient (Wildman–Crippen LogP) is 4.63. The number of phenols is 1. The van der Waals surface area contributed by atoms with Gasteiger partial charge in [-0.3, -0.25) is 0 Å². The minimum atomic E-state index is 0.423. The van der Waals surface area contributed by atoms with Crippen LogP contribution in [0, 0.1) is 23.7 Å². The first-order valence-electron chi connectivity index (χ1n) is 7.16. The molecular weight excluding hydrogens is 220 g/mol. The zero-order valence-corrected chi connectivity index (χ0v) is 12.0. The summed E-state index contributed by atoms with van der Waals surface area (Å²) in [6.45, 7) is 9.39. The van der Waals surface area contributed by atoms with Gasteiger partial charge in [-0.15, -0.1) is 0 Å². The molecule has 3 rings (SSSR count).